The molecule has 0 radical (unpaired) electrons. The lowest BCUT2D eigenvalue weighted by Gasteiger charge is -2.10. The Kier molecular flexibility index (Phi) is 3.95. The average molecular weight is 330 g/mol. The third kappa shape index (κ3) is 2.40. The first kappa shape index (κ1) is 14.4. The van der Waals surface area contributed by atoms with Crippen molar-refractivity contribution in [3.05, 3.63) is 56.5 Å². The summed E-state index contributed by atoms with van der Waals surface area (Å²) in [5, 5.41) is -1.26. The van der Waals surface area contributed by atoms with E-state index in [1.165, 1.54) is 12.1 Å². The smallest absolute Gasteiger partial charge is 0.181 e. The number of hydrogen-bond donors (Lipinski definition) is 0. The predicted molar refractivity (Wildman–Crippen MR) is 66.7 cm³/mol. The fraction of sp³-hybridized carbons (Fsp3) is 0. The van der Waals surface area contributed by atoms with Crippen LogP contribution in [-0.2, 0) is 0 Å². The summed E-state index contributed by atoms with van der Waals surface area (Å²) >= 11 is 16.5. The Morgan fingerprint density at radius 1 is 0.737 bits per heavy atom. The van der Waals surface area contributed by atoms with Gasteiger partial charge >= 0.3 is 0 Å². The van der Waals surface area contributed by atoms with Crippen molar-refractivity contribution in [3.63, 3.8) is 0 Å². The van der Waals surface area contributed by atoms with E-state index in [0.29, 0.717) is 0 Å². The molecule has 0 nitrogen and oxygen atoms in total. The van der Waals surface area contributed by atoms with Crippen LogP contribution in [0.2, 0.25) is 15.1 Å². The predicted octanol–water partition coefficient (Wildman–Crippen LogP) is 5.87. The molecule has 7 heteroatoms. The van der Waals surface area contributed by atoms with Crippen molar-refractivity contribution in [2.75, 3.05) is 0 Å². The van der Waals surface area contributed by atoms with E-state index in [9.17, 15) is 17.6 Å². The van der Waals surface area contributed by atoms with E-state index in [1.807, 2.05) is 0 Å². The second-order valence-corrected chi connectivity index (χ2v) is 4.79. The SMILES string of the molecule is Fc1c(F)c(-c2cc(Cl)ccc2Cl)c(F)c(F)c1Cl. The van der Waals surface area contributed by atoms with Crippen molar-refractivity contribution in [2.45, 2.75) is 0 Å². The van der Waals surface area contributed by atoms with Crippen molar-refractivity contribution in [1.29, 1.82) is 0 Å². The van der Waals surface area contributed by atoms with Crippen LogP contribution in [0.5, 0.6) is 0 Å². The fourth-order valence-corrected chi connectivity index (χ4v) is 2.08. The number of rotatable bonds is 1. The maximum absolute atomic E-state index is 13.7. The Morgan fingerprint density at radius 3 is 1.79 bits per heavy atom. The zero-order chi connectivity index (χ0) is 14.3. The van der Waals surface area contributed by atoms with Crippen LogP contribution in [0.3, 0.4) is 0 Å². The van der Waals surface area contributed by atoms with Crippen LogP contribution in [0.15, 0.2) is 18.2 Å². The van der Waals surface area contributed by atoms with Crippen molar-refractivity contribution < 1.29 is 17.6 Å². The number of benzene rings is 2. The summed E-state index contributed by atoms with van der Waals surface area (Å²) in [4.78, 5) is 0. The Bertz CT molecular complexity index is 642. The summed E-state index contributed by atoms with van der Waals surface area (Å²) in [6.45, 7) is 0. The van der Waals surface area contributed by atoms with Crippen molar-refractivity contribution in [3.8, 4) is 11.1 Å². The lowest BCUT2D eigenvalue weighted by molar-refractivity contribution is 0.459. The highest BCUT2D eigenvalue weighted by Gasteiger charge is 2.26. The van der Waals surface area contributed by atoms with Crippen LogP contribution in [0.4, 0.5) is 17.6 Å². The van der Waals surface area contributed by atoms with Gasteiger partial charge in [0.05, 0.1) is 5.56 Å². The molecule has 0 aliphatic heterocycles. The van der Waals surface area contributed by atoms with E-state index in [0.717, 1.165) is 6.07 Å². The van der Waals surface area contributed by atoms with Gasteiger partial charge in [-0.05, 0) is 18.2 Å². The average Bonchev–Trinajstić information content (AvgIpc) is 2.38. The Morgan fingerprint density at radius 2 is 1.26 bits per heavy atom. The quantitative estimate of drug-likeness (QED) is 0.349. The zero-order valence-electron chi connectivity index (χ0n) is 8.88. The van der Waals surface area contributed by atoms with Crippen LogP contribution < -0.4 is 0 Å². The van der Waals surface area contributed by atoms with E-state index in [1.54, 1.807) is 0 Å². The summed E-state index contributed by atoms with van der Waals surface area (Å²) in [7, 11) is 0. The van der Waals surface area contributed by atoms with E-state index in [-0.39, 0.29) is 15.6 Å². The summed E-state index contributed by atoms with van der Waals surface area (Å²) in [5.41, 5.74) is -1.22. The molecule has 0 aromatic heterocycles. The molecule has 0 heterocycles. The van der Waals surface area contributed by atoms with Gasteiger partial charge in [0, 0.05) is 15.6 Å². The summed E-state index contributed by atoms with van der Waals surface area (Å²) in [6, 6.07) is 3.71. The van der Waals surface area contributed by atoms with Gasteiger partial charge in [-0.3, -0.25) is 0 Å². The van der Waals surface area contributed by atoms with Crippen LogP contribution in [0.1, 0.15) is 0 Å². The molecule has 0 aliphatic carbocycles. The molecule has 0 unspecified atom stereocenters. The van der Waals surface area contributed by atoms with E-state index < -0.39 is 33.9 Å². The molecule has 0 saturated carbocycles. The first-order valence-corrected chi connectivity index (χ1v) is 5.94. The Hall–Kier alpha value is -0.970. The van der Waals surface area contributed by atoms with Crippen molar-refractivity contribution in [1.82, 2.24) is 0 Å². The second-order valence-electron chi connectivity index (χ2n) is 3.57. The number of hydrogen-bond acceptors (Lipinski definition) is 0. The fourth-order valence-electron chi connectivity index (χ4n) is 1.53. The summed E-state index contributed by atoms with van der Waals surface area (Å²) in [6.07, 6.45) is 0. The van der Waals surface area contributed by atoms with Crippen LogP contribution in [0, 0.1) is 23.3 Å². The molecule has 2 aromatic carbocycles. The Balaban J connectivity index is 2.87. The summed E-state index contributed by atoms with van der Waals surface area (Å²) < 4.78 is 54.2. The molecule has 19 heavy (non-hydrogen) atoms. The third-order valence-electron chi connectivity index (χ3n) is 2.41. The molecule has 0 spiro atoms. The van der Waals surface area contributed by atoms with Gasteiger partial charge in [0.25, 0.3) is 0 Å². The third-order valence-corrected chi connectivity index (χ3v) is 3.30. The maximum Gasteiger partial charge on any atom is 0.181 e. The largest absolute Gasteiger partial charge is 0.203 e. The number of halogens is 7. The standard InChI is InChI=1S/C12H3Cl3F4/c13-4-1-2-6(14)5(3-4)7-9(16)11(18)8(15)12(19)10(7)17/h1-3H. The molecule has 2 aromatic rings. The van der Waals surface area contributed by atoms with E-state index in [2.05, 4.69) is 0 Å². The van der Waals surface area contributed by atoms with Gasteiger partial charge in [-0.25, -0.2) is 17.6 Å². The minimum absolute atomic E-state index is 0.106. The minimum atomic E-state index is -1.69. The zero-order valence-corrected chi connectivity index (χ0v) is 11.1. The highest BCUT2D eigenvalue weighted by atomic mass is 35.5. The molecule has 0 amide bonds. The monoisotopic (exact) mass is 328 g/mol. The lowest BCUT2D eigenvalue weighted by atomic mass is 10.0. The maximum atomic E-state index is 13.7. The van der Waals surface area contributed by atoms with Crippen molar-refractivity contribution >= 4 is 34.8 Å². The lowest BCUT2D eigenvalue weighted by Crippen LogP contribution is -2.01. The van der Waals surface area contributed by atoms with Crippen LogP contribution >= 0.6 is 34.8 Å². The molecular weight excluding hydrogens is 326 g/mol. The first-order chi connectivity index (χ1) is 8.84. The molecular formula is C12H3Cl3F4. The first-order valence-electron chi connectivity index (χ1n) is 4.81. The Labute approximate surface area is 120 Å². The van der Waals surface area contributed by atoms with Crippen LogP contribution in [-0.4, -0.2) is 0 Å². The van der Waals surface area contributed by atoms with Gasteiger partial charge in [0.15, 0.2) is 23.3 Å². The molecule has 0 N–H and O–H groups in total. The van der Waals surface area contributed by atoms with Gasteiger partial charge in [0.2, 0.25) is 0 Å². The van der Waals surface area contributed by atoms with Gasteiger partial charge in [-0.15, -0.1) is 0 Å². The second kappa shape index (κ2) is 5.19. The molecule has 2 rings (SSSR count). The van der Waals surface area contributed by atoms with Gasteiger partial charge < -0.3 is 0 Å². The molecule has 0 aliphatic rings. The minimum Gasteiger partial charge on any atom is -0.203 e. The van der Waals surface area contributed by atoms with E-state index in [4.69, 9.17) is 34.8 Å². The molecule has 0 saturated heterocycles. The van der Waals surface area contributed by atoms with Gasteiger partial charge in [0.1, 0.15) is 5.02 Å². The molecule has 100 valence electrons. The normalized spacial score (nSPS) is 10.9. The highest BCUT2D eigenvalue weighted by molar-refractivity contribution is 6.35. The van der Waals surface area contributed by atoms with Crippen LogP contribution in [0.25, 0.3) is 11.1 Å². The topological polar surface area (TPSA) is 0 Å². The summed E-state index contributed by atoms with van der Waals surface area (Å²) in [5.74, 6) is -6.64. The van der Waals surface area contributed by atoms with Gasteiger partial charge in [-0.1, -0.05) is 34.8 Å². The van der Waals surface area contributed by atoms with Crippen molar-refractivity contribution in [2.24, 2.45) is 0 Å². The molecule has 0 atom stereocenters. The highest BCUT2D eigenvalue weighted by Crippen LogP contribution is 2.38. The molecule has 0 fully saturated rings. The molecule has 0 bridgehead atoms. The van der Waals surface area contributed by atoms with Gasteiger partial charge in [-0.2, -0.15) is 0 Å². The van der Waals surface area contributed by atoms with E-state index >= 15 is 0 Å².